The van der Waals surface area contributed by atoms with Gasteiger partial charge in [0.15, 0.2) is 5.54 Å². The van der Waals surface area contributed by atoms with Crippen molar-refractivity contribution in [3.05, 3.63) is 35.4 Å². The molecule has 142 valence electrons. The highest BCUT2D eigenvalue weighted by molar-refractivity contribution is 6.23. The highest BCUT2D eigenvalue weighted by atomic mass is 16.6. The first-order chi connectivity index (χ1) is 12.7. The highest BCUT2D eigenvalue weighted by Crippen LogP contribution is 2.36. The molecule has 0 saturated heterocycles. The fourth-order valence-corrected chi connectivity index (χ4v) is 3.10. The van der Waals surface area contributed by atoms with Crippen molar-refractivity contribution in [2.24, 2.45) is 0 Å². The summed E-state index contributed by atoms with van der Waals surface area (Å²) < 4.78 is 5.47. The second kappa shape index (κ2) is 7.70. The number of fused-ring (bicyclic) bond motifs is 1. The van der Waals surface area contributed by atoms with Crippen LogP contribution in [0.25, 0.3) is 0 Å². The molecular formula is C20H22N2O5. The van der Waals surface area contributed by atoms with E-state index in [1.807, 2.05) is 6.07 Å². The standard InChI is InChI=1S/C20H22N2O5/c1-19(2,3)27-18(26)20(11-12-21,10-6-7-13-23)22-16(24)14-8-4-5-9-15(14)17(22)25/h4-5,8-9,13H,6-7,10-11H2,1-3H3. The summed E-state index contributed by atoms with van der Waals surface area (Å²) in [4.78, 5) is 50.6. The quantitative estimate of drug-likeness (QED) is 0.316. The number of unbranched alkanes of at least 4 members (excludes halogenated alkanes) is 1. The Bertz CT molecular complexity index is 783. The molecule has 7 nitrogen and oxygen atoms in total. The van der Waals surface area contributed by atoms with E-state index in [0.717, 1.165) is 4.90 Å². The van der Waals surface area contributed by atoms with Crippen molar-refractivity contribution >= 4 is 24.1 Å². The van der Waals surface area contributed by atoms with Crippen molar-refractivity contribution in [1.29, 1.82) is 5.26 Å². The van der Waals surface area contributed by atoms with Crippen molar-refractivity contribution in [1.82, 2.24) is 4.90 Å². The van der Waals surface area contributed by atoms with Gasteiger partial charge in [-0.25, -0.2) is 4.79 Å². The number of carbonyl (C=O) groups excluding carboxylic acids is 4. The molecule has 0 bridgehead atoms. The van der Waals surface area contributed by atoms with Crippen LogP contribution in [0.15, 0.2) is 24.3 Å². The minimum absolute atomic E-state index is 0.0281. The van der Waals surface area contributed by atoms with Gasteiger partial charge in [0.25, 0.3) is 11.8 Å². The number of carbonyl (C=O) groups is 4. The van der Waals surface area contributed by atoms with Crippen molar-refractivity contribution < 1.29 is 23.9 Å². The maximum absolute atomic E-state index is 13.1. The number of esters is 1. The summed E-state index contributed by atoms with van der Waals surface area (Å²) in [6.45, 7) is 4.99. The van der Waals surface area contributed by atoms with Crippen LogP contribution in [0, 0.1) is 11.3 Å². The molecule has 1 aliphatic heterocycles. The molecule has 0 radical (unpaired) electrons. The minimum atomic E-state index is -1.78. The van der Waals surface area contributed by atoms with Crippen LogP contribution >= 0.6 is 0 Å². The highest BCUT2D eigenvalue weighted by Gasteiger charge is 2.55. The molecule has 7 heteroatoms. The summed E-state index contributed by atoms with van der Waals surface area (Å²) in [5.74, 6) is -2.09. The summed E-state index contributed by atoms with van der Waals surface area (Å²) in [6, 6.07) is 8.17. The van der Waals surface area contributed by atoms with Crippen LogP contribution in [0.4, 0.5) is 0 Å². The molecule has 1 unspecified atom stereocenters. The largest absolute Gasteiger partial charge is 0.458 e. The number of aldehydes is 1. The molecule has 1 atom stereocenters. The third-order valence-corrected chi connectivity index (χ3v) is 4.28. The number of hydrogen-bond acceptors (Lipinski definition) is 6. The summed E-state index contributed by atoms with van der Waals surface area (Å²) in [5.41, 5.74) is -2.29. The molecule has 1 aromatic carbocycles. The second-order valence-electron chi connectivity index (χ2n) is 7.42. The number of benzene rings is 1. The lowest BCUT2D eigenvalue weighted by Crippen LogP contribution is -2.58. The predicted molar refractivity (Wildman–Crippen MR) is 95.7 cm³/mol. The number of ether oxygens (including phenoxy) is 1. The van der Waals surface area contributed by atoms with E-state index in [1.54, 1.807) is 32.9 Å². The van der Waals surface area contributed by atoms with Gasteiger partial charge in [0.2, 0.25) is 0 Å². The predicted octanol–water partition coefficient (Wildman–Crippen LogP) is 2.65. The molecule has 0 spiro atoms. The zero-order valence-electron chi connectivity index (χ0n) is 15.7. The number of imide groups is 1. The van der Waals surface area contributed by atoms with Crippen LogP contribution in [0.5, 0.6) is 0 Å². The van der Waals surface area contributed by atoms with Crippen LogP contribution in [0.3, 0.4) is 0 Å². The van der Waals surface area contributed by atoms with Gasteiger partial charge in [-0.3, -0.25) is 14.5 Å². The van der Waals surface area contributed by atoms with E-state index in [-0.39, 0.29) is 30.4 Å². The topological polar surface area (TPSA) is 105 Å². The van der Waals surface area contributed by atoms with Gasteiger partial charge in [0.1, 0.15) is 11.9 Å². The Balaban J connectivity index is 2.56. The van der Waals surface area contributed by atoms with Crippen molar-refractivity contribution in [2.45, 2.75) is 57.6 Å². The van der Waals surface area contributed by atoms with Gasteiger partial charge >= 0.3 is 5.97 Å². The Hall–Kier alpha value is -3.01. The van der Waals surface area contributed by atoms with E-state index >= 15 is 0 Å². The third-order valence-electron chi connectivity index (χ3n) is 4.28. The maximum atomic E-state index is 13.1. The average Bonchev–Trinajstić information content (AvgIpc) is 2.85. The first kappa shape index (κ1) is 20.3. The van der Waals surface area contributed by atoms with Gasteiger partial charge in [-0.2, -0.15) is 5.26 Å². The maximum Gasteiger partial charge on any atom is 0.334 e. The number of nitriles is 1. The summed E-state index contributed by atoms with van der Waals surface area (Å²) >= 11 is 0. The van der Waals surface area contributed by atoms with Crippen LogP contribution in [0.1, 0.15) is 67.2 Å². The van der Waals surface area contributed by atoms with Gasteiger partial charge < -0.3 is 9.53 Å². The fourth-order valence-electron chi connectivity index (χ4n) is 3.10. The first-order valence-corrected chi connectivity index (χ1v) is 8.70. The van der Waals surface area contributed by atoms with E-state index in [2.05, 4.69) is 0 Å². The lowest BCUT2D eigenvalue weighted by molar-refractivity contribution is -0.167. The SMILES string of the molecule is CC(C)(C)OC(=O)C(CC#N)(CCCC=O)N1C(=O)c2ccccc2C1=O. The van der Waals surface area contributed by atoms with Gasteiger partial charge in [0.05, 0.1) is 23.6 Å². The zero-order chi connectivity index (χ0) is 20.2. The molecule has 0 aromatic heterocycles. The monoisotopic (exact) mass is 370 g/mol. The second-order valence-corrected chi connectivity index (χ2v) is 7.42. The molecule has 1 aromatic rings. The minimum Gasteiger partial charge on any atom is -0.458 e. The van der Waals surface area contributed by atoms with E-state index < -0.39 is 35.3 Å². The Morgan fingerprint density at radius 1 is 1.19 bits per heavy atom. The molecule has 0 N–H and O–H groups in total. The number of rotatable bonds is 7. The zero-order valence-corrected chi connectivity index (χ0v) is 15.7. The van der Waals surface area contributed by atoms with Crippen LogP contribution in [-0.2, 0) is 14.3 Å². The van der Waals surface area contributed by atoms with Gasteiger partial charge in [-0.15, -0.1) is 0 Å². The fraction of sp³-hybridized carbons (Fsp3) is 0.450. The van der Waals surface area contributed by atoms with E-state index in [0.29, 0.717) is 6.29 Å². The molecule has 1 heterocycles. The number of nitrogens with zero attached hydrogens (tertiary/aromatic N) is 2. The molecule has 27 heavy (non-hydrogen) atoms. The Morgan fingerprint density at radius 3 is 2.19 bits per heavy atom. The van der Waals surface area contributed by atoms with Crippen molar-refractivity contribution in [2.75, 3.05) is 0 Å². The van der Waals surface area contributed by atoms with Gasteiger partial charge in [-0.1, -0.05) is 12.1 Å². The molecular weight excluding hydrogens is 348 g/mol. The van der Waals surface area contributed by atoms with Gasteiger partial charge in [-0.05, 0) is 45.7 Å². The summed E-state index contributed by atoms with van der Waals surface area (Å²) in [7, 11) is 0. The Morgan fingerprint density at radius 2 is 1.74 bits per heavy atom. The van der Waals surface area contributed by atoms with Crippen LogP contribution in [0.2, 0.25) is 0 Å². The summed E-state index contributed by atoms with van der Waals surface area (Å²) in [5, 5.41) is 9.38. The van der Waals surface area contributed by atoms with E-state index in [1.165, 1.54) is 12.1 Å². The van der Waals surface area contributed by atoms with Crippen molar-refractivity contribution in [3.8, 4) is 6.07 Å². The Kier molecular flexibility index (Phi) is 5.79. The molecule has 2 amide bonds. The van der Waals surface area contributed by atoms with E-state index in [9.17, 15) is 24.4 Å². The molecule has 0 saturated carbocycles. The molecule has 0 aliphatic carbocycles. The first-order valence-electron chi connectivity index (χ1n) is 8.70. The van der Waals surface area contributed by atoms with Crippen LogP contribution < -0.4 is 0 Å². The summed E-state index contributed by atoms with van der Waals surface area (Å²) in [6.07, 6.45) is 0.623. The molecule has 2 rings (SSSR count). The van der Waals surface area contributed by atoms with Crippen molar-refractivity contribution in [3.63, 3.8) is 0 Å². The molecule has 0 fully saturated rings. The lowest BCUT2D eigenvalue weighted by atomic mass is 9.87. The Labute approximate surface area is 157 Å². The molecule has 1 aliphatic rings. The average molecular weight is 370 g/mol. The number of amides is 2. The lowest BCUT2D eigenvalue weighted by Gasteiger charge is -2.38. The van der Waals surface area contributed by atoms with Gasteiger partial charge in [0, 0.05) is 6.42 Å². The normalized spacial score (nSPS) is 15.7. The number of hydrogen-bond donors (Lipinski definition) is 0. The van der Waals surface area contributed by atoms with E-state index in [4.69, 9.17) is 4.74 Å². The smallest absolute Gasteiger partial charge is 0.334 e. The van der Waals surface area contributed by atoms with Crippen LogP contribution in [-0.4, -0.2) is 40.1 Å². The third kappa shape index (κ3) is 3.90.